The molecule has 29 heavy (non-hydrogen) atoms. The van der Waals surface area contributed by atoms with Crippen LogP contribution in [0.25, 0.3) is 21.3 Å². The van der Waals surface area contributed by atoms with Crippen LogP contribution in [-0.4, -0.2) is 48.3 Å². The van der Waals surface area contributed by atoms with E-state index in [1.165, 1.54) is 0 Å². The zero-order chi connectivity index (χ0) is 20.1. The highest BCUT2D eigenvalue weighted by Gasteiger charge is 2.24. The largest absolute Gasteiger partial charge is 0.385 e. The van der Waals surface area contributed by atoms with E-state index in [-0.39, 0.29) is 11.9 Å². The average Bonchev–Trinajstić information content (AvgIpc) is 3.43. The van der Waals surface area contributed by atoms with Gasteiger partial charge in [0, 0.05) is 55.2 Å². The molecule has 7 heteroatoms. The number of methoxy groups -OCH3 is 1. The van der Waals surface area contributed by atoms with E-state index in [0.29, 0.717) is 11.7 Å². The number of nitrogens with one attached hydrogen (secondary N) is 2. The van der Waals surface area contributed by atoms with E-state index in [4.69, 9.17) is 9.47 Å². The molecule has 0 spiro atoms. The highest BCUT2D eigenvalue weighted by Crippen LogP contribution is 2.30. The Bertz CT molecular complexity index is 930. The van der Waals surface area contributed by atoms with Gasteiger partial charge in [-0.2, -0.15) is 0 Å². The predicted octanol–water partition coefficient (Wildman–Crippen LogP) is 4.39. The van der Waals surface area contributed by atoms with Gasteiger partial charge in [0.1, 0.15) is 0 Å². The van der Waals surface area contributed by atoms with Gasteiger partial charge in [-0.1, -0.05) is 0 Å². The minimum atomic E-state index is -0.00886. The fourth-order valence-electron chi connectivity index (χ4n) is 3.95. The lowest BCUT2D eigenvalue weighted by Gasteiger charge is -2.29. The third kappa shape index (κ3) is 4.86. The van der Waals surface area contributed by atoms with E-state index in [0.717, 1.165) is 66.7 Å². The van der Waals surface area contributed by atoms with Gasteiger partial charge in [-0.3, -0.25) is 9.78 Å². The van der Waals surface area contributed by atoms with E-state index >= 15 is 0 Å². The van der Waals surface area contributed by atoms with Crippen molar-refractivity contribution in [2.24, 2.45) is 0 Å². The SMILES string of the molecule is COCCCO[C@H]1CC[C@H](NC(=O)c2cc(-c3cncs3)cc3[nH]ccc23)CC1. The summed E-state index contributed by atoms with van der Waals surface area (Å²) in [6.45, 7) is 1.48. The molecular formula is C22H27N3O3S. The number of H-pyrrole nitrogens is 1. The molecule has 1 amide bonds. The Hall–Kier alpha value is -2.22. The maximum absolute atomic E-state index is 13.1. The van der Waals surface area contributed by atoms with Gasteiger partial charge in [0.2, 0.25) is 0 Å². The fraction of sp³-hybridized carbons (Fsp3) is 0.455. The van der Waals surface area contributed by atoms with E-state index < -0.39 is 0 Å². The minimum Gasteiger partial charge on any atom is -0.385 e. The van der Waals surface area contributed by atoms with Crippen molar-refractivity contribution in [1.82, 2.24) is 15.3 Å². The quantitative estimate of drug-likeness (QED) is 0.537. The lowest BCUT2D eigenvalue weighted by atomic mass is 9.92. The van der Waals surface area contributed by atoms with Gasteiger partial charge in [-0.25, -0.2) is 0 Å². The number of hydrogen-bond acceptors (Lipinski definition) is 5. The second-order valence-corrected chi connectivity index (χ2v) is 8.38. The van der Waals surface area contributed by atoms with Crippen LogP contribution >= 0.6 is 11.3 Å². The zero-order valence-corrected chi connectivity index (χ0v) is 17.5. The van der Waals surface area contributed by atoms with Crippen molar-refractivity contribution in [3.8, 4) is 10.4 Å². The summed E-state index contributed by atoms with van der Waals surface area (Å²) in [7, 11) is 1.71. The average molecular weight is 414 g/mol. The predicted molar refractivity (Wildman–Crippen MR) is 115 cm³/mol. The first kappa shape index (κ1) is 20.1. The molecule has 2 aromatic heterocycles. The summed E-state index contributed by atoms with van der Waals surface area (Å²) in [6, 6.07) is 6.21. The van der Waals surface area contributed by atoms with Crippen molar-refractivity contribution >= 4 is 28.1 Å². The van der Waals surface area contributed by atoms with Gasteiger partial charge in [0.05, 0.1) is 16.5 Å². The number of carbonyl (C=O) groups is 1. The van der Waals surface area contributed by atoms with Crippen LogP contribution < -0.4 is 5.32 Å². The number of thiazole rings is 1. The molecule has 0 bridgehead atoms. The summed E-state index contributed by atoms with van der Waals surface area (Å²) in [5.74, 6) is -0.00886. The van der Waals surface area contributed by atoms with E-state index in [9.17, 15) is 4.79 Å². The monoisotopic (exact) mass is 413 g/mol. The molecule has 2 heterocycles. The van der Waals surface area contributed by atoms with Gasteiger partial charge in [0.15, 0.2) is 0 Å². The number of ether oxygens (including phenoxy) is 2. The highest BCUT2D eigenvalue weighted by molar-refractivity contribution is 7.13. The molecule has 2 N–H and O–H groups in total. The minimum absolute atomic E-state index is 0.00886. The fourth-order valence-corrected chi connectivity index (χ4v) is 4.56. The molecule has 0 radical (unpaired) electrons. The van der Waals surface area contributed by atoms with Crippen LogP contribution in [0.3, 0.4) is 0 Å². The van der Waals surface area contributed by atoms with Gasteiger partial charge in [0.25, 0.3) is 5.91 Å². The summed E-state index contributed by atoms with van der Waals surface area (Å²) >= 11 is 1.57. The van der Waals surface area contributed by atoms with Crippen LogP contribution in [-0.2, 0) is 9.47 Å². The first-order valence-corrected chi connectivity index (χ1v) is 11.0. The number of amides is 1. The number of aromatic nitrogens is 2. The number of rotatable bonds is 8. The number of aromatic amines is 1. The Morgan fingerprint density at radius 3 is 2.90 bits per heavy atom. The molecule has 1 aromatic carbocycles. The molecule has 1 aliphatic carbocycles. The molecule has 4 rings (SSSR count). The Labute approximate surface area is 174 Å². The van der Waals surface area contributed by atoms with Crippen molar-refractivity contribution in [3.05, 3.63) is 41.7 Å². The molecule has 1 saturated carbocycles. The Balaban J connectivity index is 1.39. The molecule has 6 nitrogen and oxygen atoms in total. The molecule has 154 valence electrons. The van der Waals surface area contributed by atoms with Crippen molar-refractivity contribution in [3.63, 3.8) is 0 Å². The lowest BCUT2D eigenvalue weighted by Crippen LogP contribution is -2.39. The third-order valence-electron chi connectivity index (χ3n) is 5.49. The standard InChI is InChI=1S/C22H27N3O3S/c1-27-9-2-10-28-17-5-3-16(4-6-17)25-22(26)19-11-15(21-13-23-14-29-21)12-20-18(19)7-8-24-20/h7-8,11-14,16-17,24H,2-6,9-10H2,1H3,(H,25,26)/t16-,17-. The van der Waals surface area contributed by atoms with E-state index in [1.54, 1.807) is 18.4 Å². The number of nitrogens with zero attached hydrogens (tertiary/aromatic N) is 1. The Morgan fingerprint density at radius 1 is 1.28 bits per heavy atom. The zero-order valence-electron chi connectivity index (χ0n) is 16.6. The molecule has 3 aromatic rings. The summed E-state index contributed by atoms with van der Waals surface area (Å²) in [5, 5.41) is 4.20. The summed E-state index contributed by atoms with van der Waals surface area (Å²) in [6.07, 6.45) is 8.81. The lowest BCUT2D eigenvalue weighted by molar-refractivity contribution is 0.0131. The highest BCUT2D eigenvalue weighted by atomic mass is 32.1. The topological polar surface area (TPSA) is 76.2 Å². The third-order valence-corrected chi connectivity index (χ3v) is 6.31. The van der Waals surface area contributed by atoms with Gasteiger partial charge >= 0.3 is 0 Å². The van der Waals surface area contributed by atoms with Crippen LogP contribution in [0.15, 0.2) is 36.1 Å². The van der Waals surface area contributed by atoms with Crippen LogP contribution in [0.5, 0.6) is 0 Å². The maximum Gasteiger partial charge on any atom is 0.252 e. The van der Waals surface area contributed by atoms with Gasteiger partial charge in [-0.15, -0.1) is 11.3 Å². The van der Waals surface area contributed by atoms with Gasteiger partial charge < -0.3 is 19.8 Å². The first-order valence-electron chi connectivity index (χ1n) is 10.2. The molecule has 0 unspecified atom stereocenters. The van der Waals surface area contributed by atoms with Crippen LogP contribution in [0, 0.1) is 0 Å². The van der Waals surface area contributed by atoms with Crippen LogP contribution in [0.4, 0.5) is 0 Å². The second-order valence-electron chi connectivity index (χ2n) is 7.49. The number of benzene rings is 1. The smallest absolute Gasteiger partial charge is 0.252 e. The van der Waals surface area contributed by atoms with Crippen molar-refractivity contribution in [1.29, 1.82) is 0 Å². The van der Waals surface area contributed by atoms with E-state index in [2.05, 4.69) is 21.4 Å². The van der Waals surface area contributed by atoms with Crippen molar-refractivity contribution < 1.29 is 14.3 Å². The number of hydrogen-bond donors (Lipinski definition) is 2. The second kappa shape index (κ2) is 9.52. The van der Waals surface area contributed by atoms with Crippen molar-refractivity contribution in [2.45, 2.75) is 44.2 Å². The van der Waals surface area contributed by atoms with E-state index in [1.807, 2.05) is 30.0 Å². The summed E-state index contributed by atoms with van der Waals surface area (Å²) < 4.78 is 11.0. The molecule has 0 atom stereocenters. The molecule has 0 saturated heterocycles. The number of carbonyl (C=O) groups excluding carboxylic acids is 1. The number of fused-ring (bicyclic) bond motifs is 1. The molecule has 1 fully saturated rings. The Morgan fingerprint density at radius 2 is 2.14 bits per heavy atom. The van der Waals surface area contributed by atoms with Gasteiger partial charge in [-0.05, 0) is 55.9 Å². The first-order chi connectivity index (χ1) is 14.2. The Kier molecular flexibility index (Phi) is 6.59. The summed E-state index contributed by atoms with van der Waals surface area (Å²) in [5.41, 5.74) is 4.50. The molecule has 1 aliphatic rings. The normalized spacial score (nSPS) is 19.5. The van der Waals surface area contributed by atoms with Crippen molar-refractivity contribution in [2.75, 3.05) is 20.3 Å². The summed E-state index contributed by atoms with van der Waals surface area (Å²) in [4.78, 5) is 21.5. The van der Waals surface area contributed by atoms with Crippen LogP contribution in [0.1, 0.15) is 42.5 Å². The maximum atomic E-state index is 13.1. The molecule has 0 aliphatic heterocycles. The van der Waals surface area contributed by atoms with Crippen LogP contribution in [0.2, 0.25) is 0 Å². The molecular weight excluding hydrogens is 386 g/mol.